The minimum atomic E-state index is -0.674. The van der Waals surface area contributed by atoms with Crippen LogP contribution >= 0.6 is 0 Å². The highest BCUT2D eigenvalue weighted by Crippen LogP contribution is 2.62. The van der Waals surface area contributed by atoms with Crippen LogP contribution in [0.3, 0.4) is 0 Å². The molecule has 11 heteroatoms. The lowest BCUT2D eigenvalue weighted by molar-refractivity contribution is -0.133. The number of ether oxygens (including phenoxy) is 1. The molecule has 2 saturated heterocycles. The van der Waals surface area contributed by atoms with E-state index in [1.807, 2.05) is 24.3 Å². The van der Waals surface area contributed by atoms with Gasteiger partial charge in [0.15, 0.2) is 0 Å². The van der Waals surface area contributed by atoms with Gasteiger partial charge in [-0.25, -0.2) is 9.48 Å². The van der Waals surface area contributed by atoms with Crippen molar-refractivity contribution >= 4 is 17.7 Å². The molecule has 3 fully saturated rings. The van der Waals surface area contributed by atoms with Crippen molar-refractivity contribution in [3.63, 3.8) is 0 Å². The first-order valence-corrected chi connectivity index (χ1v) is 12.3. The van der Waals surface area contributed by atoms with Gasteiger partial charge in [-0.2, -0.15) is 5.26 Å². The molecule has 1 unspecified atom stereocenters. The summed E-state index contributed by atoms with van der Waals surface area (Å²) < 4.78 is 7.29. The number of aliphatic hydroxyl groups excluding tert-OH is 1. The van der Waals surface area contributed by atoms with Gasteiger partial charge >= 0.3 is 6.09 Å². The van der Waals surface area contributed by atoms with E-state index in [4.69, 9.17) is 9.84 Å². The third-order valence-electron chi connectivity index (χ3n) is 8.39. The molecule has 5 atom stereocenters. The summed E-state index contributed by atoms with van der Waals surface area (Å²) in [6.45, 7) is 0.899. The molecule has 2 amide bonds. The van der Waals surface area contributed by atoms with E-state index in [0.29, 0.717) is 26.1 Å². The number of pyridine rings is 1. The molecule has 37 heavy (non-hydrogen) atoms. The Morgan fingerprint density at radius 1 is 1.22 bits per heavy atom. The third-order valence-corrected chi connectivity index (χ3v) is 8.39. The Balaban J connectivity index is 1.10. The van der Waals surface area contributed by atoms with Crippen LogP contribution in [0.25, 0.3) is 11.1 Å². The molecular formula is C26H23N7O4. The Morgan fingerprint density at radius 2 is 2.03 bits per heavy atom. The smallest absolute Gasteiger partial charge is 0.415 e. The van der Waals surface area contributed by atoms with E-state index >= 15 is 0 Å². The Bertz CT molecular complexity index is 1440. The molecule has 4 aliphatic rings. The summed E-state index contributed by atoms with van der Waals surface area (Å²) in [6, 6.07) is 12.3. The second kappa shape index (κ2) is 7.85. The zero-order valence-corrected chi connectivity index (χ0v) is 19.8. The molecular weight excluding hydrogens is 474 g/mol. The monoisotopic (exact) mass is 497 g/mol. The van der Waals surface area contributed by atoms with Gasteiger partial charge < -0.3 is 14.7 Å². The number of rotatable bonds is 5. The molecule has 1 N–H and O–H groups in total. The van der Waals surface area contributed by atoms with Crippen molar-refractivity contribution in [1.29, 1.82) is 5.26 Å². The normalized spacial score (nSPS) is 28.9. The van der Waals surface area contributed by atoms with Crippen LogP contribution in [0.15, 0.2) is 48.9 Å². The number of fused-ring (bicyclic) bond motifs is 4. The maximum atomic E-state index is 12.6. The number of nitrogens with zero attached hydrogens (tertiary/aromatic N) is 7. The summed E-state index contributed by atoms with van der Waals surface area (Å²) in [6.07, 6.45) is 5.18. The van der Waals surface area contributed by atoms with E-state index in [0.717, 1.165) is 28.1 Å². The molecule has 11 nitrogen and oxygen atoms in total. The molecule has 186 valence electrons. The molecule has 7 rings (SSSR count). The minimum Gasteiger partial charge on any atom is -0.442 e. The molecule has 0 radical (unpaired) electrons. The van der Waals surface area contributed by atoms with Crippen LogP contribution in [0.2, 0.25) is 0 Å². The van der Waals surface area contributed by atoms with E-state index in [1.54, 1.807) is 33.1 Å². The fourth-order valence-electron chi connectivity index (χ4n) is 6.47. The quantitative estimate of drug-likeness (QED) is 0.554. The first-order valence-electron chi connectivity index (χ1n) is 12.3. The molecule has 0 bridgehead atoms. The molecule has 3 aromatic rings. The Morgan fingerprint density at radius 3 is 2.70 bits per heavy atom. The van der Waals surface area contributed by atoms with Crippen LogP contribution in [0.4, 0.5) is 10.5 Å². The van der Waals surface area contributed by atoms with Crippen molar-refractivity contribution in [2.24, 2.45) is 11.8 Å². The summed E-state index contributed by atoms with van der Waals surface area (Å²) in [5.41, 5.74) is 3.90. The number of anilines is 1. The number of amides is 2. The van der Waals surface area contributed by atoms with Crippen molar-refractivity contribution in [1.82, 2.24) is 24.9 Å². The number of carbonyl (C=O) groups excluding carboxylic acids is 2. The van der Waals surface area contributed by atoms with E-state index in [9.17, 15) is 14.9 Å². The molecule has 2 aromatic heterocycles. The number of likely N-dealkylation sites (tertiary alicyclic amines) is 1. The Hall–Kier alpha value is -4.30. The minimum absolute atomic E-state index is 0.0463. The van der Waals surface area contributed by atoms with E-state index in [2.05, 4.69) is 27.4 Å². The summed E-state index contributed by atoms with van der Waals surface area (Å²) in [5.74, 6) is -0.201. The average Bonchev–Trinajstić information content (AvgIpc) is 3.52. The molecule has 1 aliphatic carbocycles. The SMILES string of the molecule is N#CC1(c2ccc(-c3ccc4c(c3)C[C@H]3[C@H](Cn5ccnn5)OC(=O)N43)cn2)[C@@H]2CN(C(=O)CO)C[C@@H]21. The molecule has 0 spiro atoms. The highest BCUT2D eigenvalue weighted by Gasteiger charge is 2.71. The van der Waals surface area contributed by atoms with Gasteiger partial charge in [0, 0.05) is 42.9 Å². The Labute approximate surface area is 211 Å². The van der Waals surface area contributed by atoms with Crippen molar-refractivity contribution < 1.29 is 19.4 Å². The van der Waals surface area contributed by atoms with Gasteiger partial charge in [0.2, 0.25) is 5.91 Å². The number of aromatic nitrogens is 4. The maximum Gasteiger partial charge on any atom is 0.415 e. The lowest BCUT2D eigenvalue weighted by Gasteiger charge is -2.22. The topological polar surface area (TPSA) is 137 Å². The number of cyclic esters (lactones) is 1. The first-order chi connectivity index (χ1) is 18.0. The number of piperidine rings is 1. The van der Waals surface area contributed by atoms with Crippen LogP contribution in [0.1, 0.15) is 11.3 Å². The summed E-state index contributed by atoms with van der Waals surface area (Å²) in [5, 5.41) is 26.9. The summed E-state index contributed by atoms with van der Waals surface area (Å²) >= 11 is 0. The molecule has 5 heterocycles. The Kier molecular flexibility index (Phi) is 4.65. The number of nitriles is 1. The van der Waals surface area contributed by atoms with Gasteiger partial charge in [-0.3, -0.25) is 14.7 Å². The number of hydrogen-bond acceptors (Lipinski definition) is 8. The van der Waals surface area contributed by atoms with E-state index in [-0.39, 0.29) is 36.0 Å². The van der Waals surface area contributed by atoms with Crippen LogP contribution in [0.5, 0.6) is 0 Å². The lowest BCUT2D eigenvalue weighted by Crippen LogP contribution is -2.36. The van der Waals surface area contributed by atoms with Crippen molar-refractivity contribution in [3.05, 3.63) is 60.2 Å². The largest absolute Gasteiger partial charge is 0.442 e. The van der Waals surface area contributed by atoms with E-state index in [1.165, 1.54) is 0 Å². The number of hydrogen-bond donors (Lipinski definition) is 1. The lowest BCUT2D eigenvalue weighted by atomic mass is 9.95. The standard InChI is InChI=1S/C26H23N7O4/c27-14-26(18-10-31(11-19(18)26)24(35)13-34)23-4-2-16(9-28-23)15-1-3-20-17(7-15)8-21-22(37-25(36)33(20)21)12-32-6-5-29-30-32/h1-7,9,18-19,21-22,34H,8,10-13H2/t18-,19+,21-,22-,26?/m0/s1. The summed E-state index contributed by atoms with van der Waals surface area (Å²) in [7, 11) is 0. The fraction of sp³-hybridized carbons (Fsp3) is 0.385. The van der Waals surface area contributed by atoms with Crippen LogP contribution in [0, 0.1) is 23.2 Å². The zero-order valence-electron chi connectivity index (χ0n) is 19.8. The van der Waals surface area contributed by atoms with Gasteiger partial charge in [0.05, 0.1) is 36.2 Å². The number of carbonyl (C=O) groups is 2. The second-order valence-corrected chi connectivity index (χ2v) is 10.1. The molecule has 3 aliphatic heterocycles. The van der Waals surface area contributed by atoms with Gasteiger partial charge in [-0.15, -0.1) is 5.10 Å². The van der Waals surface area contributed by atoms with Crippen LogP contribution < -0.4 is 4.90 Å². The van der Waals surface area contributed by atoms with Crippen molar-refractivity contribution in [2.75, 3.05) is 24.6 Å². The average molecular weight is 498 g/mol. The van der Waals surface area contributed by atoms with Crippen LogP contribution in [-0.2, 0) is 27.9 Å². The highest BCUT2D eigenvalue weighted by molar-refractivity contribution is 5.94. The first kappa shape index (κ1) is 21.9. The van der Waals surface area contributed by atoms with E-state index < -0.39 is 12.0 Å². The maximum absolute atomic E-state index is 12.6. The third kappa shape index (κ3) is 3.12. The zero-order chi connectivity index (χ0) is 25.3. The molecule has 1 aromatic carbocycles. The van der Waals surface area contributed by atoms with Gasteiger partial charge in [0.1, 0.15) is 18.1 Å². The predicted octanol–water partition coefficient (Wildman–Crippen LogP) is 1.13. The number of benzene rings is 1. The summed E-state index contributed by atoms with van der Waals surface area (Å²) in [4.78, 5) is 32.5. The van der Waals surface area contributed by atoms with Crippen LogP contribution in [-0.4, -0.2) is 73.8 Å². The van der Waals surface area contributed by atoms with Gasteiger partial charge in [0.25, 0.3) is 0 Å². The van der Waals surface area contributed by atoms with Crippen molar-refractivity contribution in [3.8, 4) is 17.2 Å². The van der Waals surface area contributed by atoms with Crippen molar-refractivity contribution in [2.45, 2.75) is 30.5 Å². The second-order valence-electron chi connectivity index (χ2n) is 10.1. The molecule has 1 saturated carbocycles. The van der Waals surface area contributed by atoms with Gasteiger partial charge in [-0.1, -0.05) is 17.3 Å². The predicted molar refractivity (Wildman–Crippen MR) is 128 cm³/mol. The fourth-order valence-corrected chi connectivity index (χ4v) is 6.47. The number of aliphatic hydroxyl groups is 1. The highest BCUT2D eigenvalue weighted by atomic mass is 16.6. The van der Waals surface area contributed by atoms with Gasteiger partial charge in [-0.05, 0) is 35.7 Å².